The third-order valence-corrected chi connectivity index (χ3v) is 6.10. The van der Waals surface area contributed by atoms with E-state index in [-0.39, 0.29) is 0 Å². The number of nitrogens with zero attached hydrogens (tertiary/aromatic N) is 2. The van der Waals surface area contributed by atoms with Crippen molar-refractivity contribution in [2.24, 2.45) is 11.1 Å². The van der Waals surface area contributed by atoms with Gasteiger partial charge in [-0.2, -0.15) is 0 Å². The van der Waals surface area contributed by atoms with Gasteiger partial charge in [0.1, 0.15) is 0 Å². The number of likely N-dealkylation sites (tertiary alicyclic amines) is 1. The molecule has 1 aromatic heterocycles. The molecule has 2 heterocycles. The SMILES string of the molecule is CC1(CN)CCN(Cc2csc(C3CCCCC3)n2)C1. The molecule has 0 amide bonds. The number of hydrogen-bond acceptors (Lipinski definition) is 4. The molecule has 1 aliphatic heterocycles. The van der Waals surface area contributed by atoms with Crippen LogP contribution < -0.4 is 5.73 Å². The van der Waals surface area contributed by atoms with Crippen molar-refractivity contribution in [2.45, 2.75) is 57.9 Å². The molecule has 1 saturated heterocycles. The van der Waals surface area contributed by atoms with Gasteiger partial charge in [-0.3, -0.25) is 4.90 Å². The molecule has 20 heavy (non-hydrogen) atoms. The lowest BCUT2D eigenvalue weighted by Crippen LogP contribution is -2.31. The summed E-state index contributed by atoms with van der Waals surface area (Å²) in [5, 5.41) is 3.67. The molecule has 0 bridgehead atoms. The van der Waals surface area contributed by atoms with E-state index in [4.69, 9.17) is 10.7 Å². The second-order valence-electron chi connectivity index (χ2n) is 6.99. The van der Waals surface area contributed by atoms with Crippen LogP contribution in [0.3, 0.4) is 0 Å². The fourth-order valence-electron chi connectivity index (χ4n) is 3.59. The Bertz CT molecular complexity index is 439. The molecule has 0 aromatic carbocycles. The Hall–Kier alpha value is -0.450. The summed E-state index contributed by atoms with van der Waals surface area (Å²) in [6.07, 6.45) is 8.12. The van der Waals surface area contributed by atoms with Crippen LogP contribution in [0.4, 0.5) is 0 Å². The van der Waals surface area contributed by atoms with Gasteiger partial charge in [-0.25, -0.2) is 4.98 Å². The van der Waals surface area contributed by atoms with E-state index < -0.39 is 0 Å². The standard InChI is InChI=1S/C16H27N3S/c1-16(11-17)7-8-19(12-16)9-14-10-20-15(18-14)13-5-3-2-4-6-13/h10,13H,2-9,11-12,17H2,1H3. The predicted molar refractivity (Wildman–Crippen MR) is 85.0 cm³/mol. The first kappa shape index (κ1) is 14.5. The topological polar surface area (TPSA) is 42.1 Å². The van der Waals surface area contributed by atoms with E-state index in [1.54, 1.807) is 0 Å². The fraction of sp³-hybridized carbons (Fsp3) is 0.812. The number of aromatic nitrogens is 1. The lowest BCUT2D eigenvalue weighted by Gasteiger charge is -2.22. The maximum Gasteiger partial charge on any atom is 0.0959 e. The average Bonchev–Trinajstić information content (AvgIpc) is 3.08. The van der Waals surface area contributed by atoms with Crippen LogP contribution in [0.5, 0.6) is 0 Å². The Labute approximate surface area is 126 Å². The van der Waals surface area contributed by atoms with Crippen LogP contribution in [0.15, 0.2) is 5.38 Å². The molecular weight excluding hydrogens is 266 g/mol. The van der Waals surface area contributed by atoms with Crippen LogP contribution in [0.25, 0.3) is 0 Å². The quantitative estimate of drug-likeness (QED) is 0.925. The van der Waals surface area contributed by atoms with Gasteiger partial charge in [0.25, 0.3) is 0 Å². The summed E-state index contributed by atoms with van der Waals surface area (Å²) >= 11 is 1.88. The molecule has 1 aliphatic carbocycles. The van der Waals surface area contributed by atoms with Gasteiger partial charge in [0.05, 0.1) is 10.7 Å². The highest BCUT2D eigenvalue weighted by atomic mass is 32.1. The molecular formula is C16H27N3S. The lowest BCUT2D eigenvalue weighted by atomic mass is 9.90. The van der Waals surface area contributed by atoms with Crippen molar-refractivity contribution in [3.8, 4) is 0 Å². The molecule has 0 radical (unpaired) electrons. The predicted octanol–water partition coefficient (Wildman–Crippen LogP) is 3.36. The third kappa shape index (κ3) is 3.23. The summed E-state index contributed by atoms with van der Waals surface area (Å²) in [5.74, 6) is 0.746. The van der Waals surface area contributed by atoms with Gasteiger partial charge in [-0.15, -0.1) is 11.3 Å². The number of nitrogens with two attached hydrogens (primary N) is 1. The molecule has 3 rings (SSSR count). The first-order chi connectivity index (χ1) is 9.68. The van der Waals surface area contributed by atoms with Crippen molar-refractivity contribution in [2.75, 3.05) is 19.6 Å². The Balaban J connectivity index is 1.57. The zero-order chi connectivity index (χ0) is 14.0. The zero-order valence-electron chi connectivity index (χ0n) is 12.6. The molecule has 112 valence electrons. The van der Waals surface area contributed by atoms with Crippen LogP contribution in [0, 0.1) is 5.41 Å². The van der Waals surface area contributed by atoms with Crippen molar-refractivity contribution < 1.29 is 0 Å². The molecule has 1 unspecified atom stereocenters. The molecule has 1 aromatic rings. The molecule has 2 N–H and O–H groups in total. The van der Waals surface area contributed by atoms with Crippen LogP contribution in [-0.2, 0) is 6.54 Å². The second kappa shape index (κ2) is 6.12. The fourth-order valence-corrected chi connectivity index (χ4v) is 4.57. The highest BCUT2D eigenvalue weighted by Gasteiger charge is 2.32. The van der Waals surface area contributed by atoms with E-state index in [2.05, 4.69) is 17.2 Å². The molecule has 0 spiro atoms. The summed E-state index contributed by atoms with van der Waals surface area (Å²) in [7, 11) is 0. The van der Waals surface area contributed by atoms with Gasteiger partial charge in [-0.1, -0.05) is 26.2 Å². The van der Waals surface area contributed by atoms with Crippen LogP contribution in [-0.4, -0.2) is 29.5 Å². The molecule has 3 nitrogen and oxygen atoms in total. The summed E-state index contributed by atoms with van der Waals surface area (Å²) in [6.45, 7) is 6.41. The second-order valence-corrected chi connectivity index (χ2v) is 7.88. The Kier molecular flexibility index (Phi) is 4.43. The van der Waals surface area contributed by atoms with Crippen molar-refractivity contribution in [1.29, 1.82) is 0 Å². The molecule has 4 heteroatoms. The summed E-state index contributed by atoms with van der Waals surface area (Å²) in [6, 6.07) is 0. The first-order valence-electron chi connectivity index (χ1n) is 8.05. The smallest absolute Gasteiger partial charge is 0.0959 e. The van der Waals surface area contributed by atoms with E-state index in [1.165, 1.54) is 55.8 Å². The minimum atomic E-state index is 0.322. The zero-order valence-corrected chi connectivity index (χ0v) is 13.4. The van der Waals surface area contributed by atoms with Crippen molar-refractivity contribution in [1.82, 2.24) is 9.88 Å². The molecule has 2 fully saturated rings. The molecule has 1 saturated carbocycles. The van der Waals surface area contributed by atoms with Gasteiger partial charge < -0.3 is 5.73 Å². The minimum absolute atomic E-state index is 0.322. The van der Waals surface area contributed by atoms with E-state index in [0.717, 1.165) is 25.6 Å². The van der Waals surface area contributed by atoms with Gasteiger partial charge in [0, 0.05) is 24.4 Å². The summed E-state index contributed by atoms with van der Waals surface area (Å²) in [5.41, 5.74) is 7.48. The number of hydrogen-bond donors (Lipinski definition) is 1. The van der Waals surface area contributed by atoms with E-state index in [9.17, 15) is 0 Å². The highest BCUT2D eigenvalue weighted by molar-refractivity contribution is 7.09. The van der Waals surface area contributed by atoms with Crippen molar-refractivity contribution >= 4 is 11.3 Å². The Morgan fingerprint density at radius 1 is 1.40 bits per heavy atom. The Morgan fingerprint density at radius 3 is 2.90 bits per heavy atom. The first-order valence-corrected chi connectivity index (χ1v) is 8.93. The van der Waals surface area contributed by atoms with Gasteiger partial charge >= 0.3 is 0 Å². The monoisotopic (exact) mass is 293 g/mol. The highest BCUT2D eigenvalue weighted by Crippen LogP contribution is 2.35. The third-order valence-electron chi connectivity index (χ3n) is 5.04. The Morgan fingerprint density at radius 2 is 2.20 bits per heavy atom. The lowest BCUT2D eigenvalue weighted by molar-refractivity contribution is 0.272. The van der Waals surface area contributed by atoms with Gasteiger partial charge in [0.2, 0.25) is 0 Å². The van der Waals surface area contributed by atoms with Crippen molar-refractivity contribution in [3.63, 3.8) is 0 Å². The number of thiazole rings is 1. The van der Waals surface area contributed by atoms with E-state index in [1.807, 2.05) is 11.3 Å². The largest absolute Gasteiger partial charge is 0.330 e. The minimum Gasteiger partial charge on any atom is -0.330 e. The molecule has 1 atom stereocenters. The van der Waals surface area contributed by atoms with E-state index >= 15 is 0 Å². The normalized spacial score (nSPS) is 29.1. The summed E-state index contributed by atoms with van der Waals surface area (Å²) < 4.78 is 0. The van der Waals surface area contributed by atoms with E-state index in [0.29, 0.717) is 5.41 Å². The summed E-state index contributed by atoms with van der Waals surface area (Å²) in [4.78, 5) is 7.44. The average molecular weight is 293 g/mol. The van der Waals surface area contributed by atoms with Crippen molar-refractivity contribution in [3.05, 3.63) is 16.1 Å². The maximum atomic E-state index is 5.89. The van der Waals surface area contributed by atoms with Crippen LogP contribution in [0.2, 0.25) is 0 Å². The van der Waals surface area contributed by atoms with Crippen LogP contribution in [0.1, 0.15) is 62.1 Å². The number of rotatable bonds is 4. The maximum absolute atomic E-state index is 5.89. The van der Waals surface area contributed by atoms with Gasteiger partial charge in [0.15, 0.2) is 0 Å². The van der Waals surface area contributed by atoms with Crippen LogP contribution >= 0.6 is 11.3 Å². The van der Waals surface area contributed by atoms with Gasteiger partial charge in [-0.05, 0) is 37.8 Å². The molecule has 2 aliphatic rings.